The van der Waals surface area contributed by atoms with E-state index in [1.165, 1.54) is 0 Å². The maximum atomic E-state index is 12.1. The number of hydrogen-bond acceptors (Lipinski definition) is 7. The monoisotopic (exact) mass is 420 g/mol. The molecule has 2 amide bonds. The van der Waals surface area contributed by atoms with Gasteiger partial charge < -0.3 is 34.7 Å². The summed E-state index contributed by atoms with van der Waals surface area (Å²) in [6.07, 6.45) is -0.190. The van der Waals surface area contributed by atoms with E-state index in [1.54, 1.807) is 12.0 Å². The van der Waals surface area contributed by atoms with Crippen molar-refractivity contribution in [1.82, 2.24) is 24.8 Å². The molecule has 166 valence electrons. The Morgan fingerprint density at radius 1 is 1.27 bits per heavy atom. The van der Waals surface area contributed by atoms with Gasteiger partial charge in [-0.1, -0.05) is 0 Å². The van der Waals surface area contributed by atoms with Crippen molar-refractivity contribution in [3.05, 3.63) is 17.1 Å². The summed E-state index contributed by atoms with van der Waals surface area (Å²) in [4.78, 5) is 22.9. The van der Waals surface area contributed by atoms with Crippen LogP contribution in [-0.4, -0.2) is 78.6 Å². The molecular formula is C20H32N6O4. The van der Waals surface area contributed by atoms with E-state index in [0.717, 1.165) is 22.6 Å². The van der Waals surface area contributed by atoms with Crippen molar-refractivity contribution in [2.75, 3.05) is 58.9 Å². The molecule has 1 unspecified atom stereocenters. The maximum absolute atomic E-state index is 12.1. The second kappa shape index (κ2) is 10.1. The molecule has 1 fully saturated rings. The molecule has 10 heteroatoms. The molecule has 1 aliphatic heterocycles. The van der Waals surface area contributed by atoms with Crippen LogP contribution >= 0.6 is 0 Å². The van der Waals surface area contributed by atoms with Gasteiger partial charge >= 0.3 is 6.03 Å². The van der Waals surface area contributed by atoms with Gasteiger partial charge in [0, 0.05) is 39.0 Å². The number of carbonyl (C=O) groups excluding carboxylic acids is 1. The number of nitrogens with one attached hydrogen (secondary N) is 1. The number of anilines is 1. The van der Waals surface area contributed by atoms with Crippen LogP contribution in [0, 0.1) is 13.8 Å². The predicted octanol–water partition coefficient (Wildman–Crippen LogP) is 1.40. The molecule has 1 saturated heterocycles. The summed E-state index contributed by atoms with van der Waals surface area (Å²) in [6.45, 7) is 10.3. The SMILES string of the molecule is COC(C)c1nc2c(N)nc(C)c(C)c2n1CCOCCNC(=O)N1CCOCC1. The van der Waals surface area contributed by atoms with Crippen LogP contribution in [0.1, 0.15) is 30.1 Å². The number of fused-ring (bicyclic) bond motifs is 1. The zero-order valence-electron chi connectivity index (χ0n) is 18.2. The summed E-state index contributed by atoms with van der Waals surface area (Å²) >= 11 is 0. The Bertz CT molecular complexity index is 878. The number of nitrogen functional groups attached to an aromatic ring is 1. The first kappa shape index (κ1) is 22.3. The number of rotatable bonds is 8. The number of imidazole rings is 1. The molecule has 0 saturated carbocycles. The largest absolute Gasteiger partial charge is 0.382 e. The van der Waals surface area contributed by atoms with Crippen molar-refractivity contribution in [3.8, 4) is 0 Å². The van der Waals surface area contributed by atoms with Gasteiger partial charge in [-0.3, -0.25) is 0 Å². The highest BCUT2D eigenvalue weighted by atomic mass is 16.5. The molecule has 3 rings (SSSR count). The molecule has 3 heterocycles. The number of amides is 2. The number of carbonyl (C=O) groups is 1. The normalized spacial score (nSPS) is 15.5. The second-order valence-electron chi connectivity index (χ2n) is 7.35. The Kier molecular flexibility index (Phi) is 7.46. The van der Waals surface area contributed by atoms with Crippen molar-refractivity contribution < 1.29 is 19.0 Å². The molecule has 10 nitrogen and oxygen atoms in total. The van der Waals surface area contributed by atoms with Crippen LogP contribution in [0.3, 0.4) is 0 Å². The number of urea groups is 1. The Balaban J connectivity index is 1.59. The van der Waals surface area contributed by atoms with E-state index in [4.69, 9.17) is 24.9 Å². The molecule has 0 aliphatic carbocycles. The third kappa shape index (κ3) is 4.82. The van der Waals surface area contributed by atoms with Crippen LogP contribution in [0.25, 0.3) is 11.0 Å². The van der Waals surface area contributed by atoms with Crippen LogP contribution in [0.5, 0.6) is 0 Å². The lowest BCUT2D eigenvalue weighted by molar-refractivity contribution is 0.0522. The number of ether oxygens (including phenoxy) is 3. The number of nitrogens with zero attached hydrogens (tertiary/aromatic N) is 4. The molecule has 30 heavy (non-hydrogen) atoms. The van der Waals surface area contributed by atoms with Crippen LogP contribution in [0.15, 0.2) is 0 Å². The van der Waals surface area contributed by atoms with E-state index < -0.39 is 0 Å². The number of pyridine rings is 1. The number of morpholine rings is 1. The molecule has 0 bridgehead atoms. The van der Waals surface area contributed by atoms with E-state index in [2.05, 4.69) is 14.9 Å². The molecule has 3 N–H and O–H groups in total. The average Bonchev–Trinajstić information content (AvgIpc) is 3.14. The van der Waals surface area contributed by atoms with Crippen LogP contribution in [0.4, 0.5) is 10.6 Å². The lowest BCUT2D eigenvalue weighted by atomic mass is 10.2. The third-order valence-corrected chi connectivity index (χ3v) is 5.42. The lowest BCUT2D eigenvalue weighted by Crippen LogP contribution is -2.46. The molecule has 0 spiro atoms. The van der Waals surface area contributed by atoms with Gasteiger partial charge in [0.1, 0.15) is 17.4 Å². The van der Waals surface area contributed by atoms with Crippen LogP contribution < -0.4 is 11.1 Å². The summed E-state index contributed by atoms with van der Waals surface area (Å²) in [5, 5.41) is 2.88. The van der Waals surface area contributed by atoms with Gasteiger partial charge in [0.25, 0.3) is 0 Å². The number of methoxy groups -OCH3 is 1. The fourth-order valence-corrected chi connectivity index (χ4v) is 3.53. The number of nitrogens with two attached hydrogens (primary N) is 1. The molecule has 2 aromatic heterocycles. The highest BCUT2D eigenvalue weighted by Crippen LogP contribution is 2.29. The molecule has 2 aromatic rings. The first-order valence-corrected chi connectivity index (χ1v) is 10.3. The zero-order valence-corrected chi connectivity index (χ0v) is 18.2. The van der Waals surface area contributed by atoms with Crippen molar-refractivity contribution in [3.63, 3.8) is 0 Å². The van der Waals surface area contributed by atoms with Gasteiger partial charge in [-0.15, -0.1) is 0 Å². The van der Waals surface area contributed by atoms with Gasteiger partial charge in [0.15, 0.2) is 5.82 Å². The molecule has 1 atom stereocenters. The summed E-state index contributed by atoms with van der Waals surface area (Å²) < 4.78 is 18.6. The topological polar surface area (TPSA) is 117 Å². The minimum Gasteiger partial charge on any atom is -0.382 e. The van der Waals surface area contributed by atoms with E-state index in [0.29, 0.717) is 63.9 Å². The highest BCUT2D eigenvalue weighted by molar-refractivity contribution is 5.88. The van der Waals surface area contributed by atoms with E-state index >= 15 is 0 Å². The summed E-state index contributed by atoms with van der Waals surface area (Å²) in [7, 11) is 1.65. The first-order valence-electron chi connectivity index (χ1n) is 10.3. The summed E-state index contributed by atoms with van der Waals surface area (Å²) in [5.74, 6) is 1.21. The summed E-state index contributed by atoms with van der Waals surface area (Å²) in [6, 6.07) is -0.0761. The molecular weight excluding hydrogens is 388 g/mol. The fourth-order valence-electron chi connectivity index (χ4n) is 3.53. The van der Waals surface area contributed by atoms with Crippen molar-refractivity contribution >= 4 is 22.9 Å². The molecule has 1 aliphatic rings. The molecule has 0 aromatic carbocycles. The summed E-state index contributed by atoms with van der Waals surface area (Å²) in [5.41, 5.74) is 9.69. The van der Waals surface area contributed by atoms with Gasteiger partial charge in [-0.2, -0.15) is 0 Å². The predicted molar refractivity (Wildman–Crippen MR) is 113 cm³/mol. The minimum absolute atomic E-state index is 0.0761. The second-order valence-corrected chi connectivity index (χ2v) is 7.35. The molecule has 0 radical (unpaired) electrons. The Morgan fingerprint density at radius 2 is 2.00 bits per heavy atom. The van der Waals surface area contributed by atoms with Gasteiger partial charge in [-0.25, -0.2) is 14.8 Å². The van der Waals surface area contributed by atoms with Crippen molar-refractivity contribution in [2.45, 2.75) is 33.4 Å². The van der Waals surface area contributed by atoms with E-state index in [-0.39, 0.29) is 12.1 Å². The maximum Gasteiger partial charge on any atom is 0.317 e. The zero-order chi connectivity index (χ0) is 21.7. The van der Waals surface area contributed by atoms with Crippen molar-refractivity contribution in [2.24, 2.45) is 0 Å². The van der Waals surface area contributed by atoms with E-state index in [1.807, 2.05) is 20.8 Å². The van der Waals surface area contributed by atoms with Crippen LogP contribution in [-0.2, 0) is 20.8 Å². The Labute approximate surface area is 176 Å². The van der Waals surface area contributed by atoms with Gasteiger partial charge in [0.2, 0.25) is 0 Å². The number of aromatic nitrogens is 3. The number of hydrogen-bond donors (Lipinski definition) is 2. The van der Waals surface area contributed by atoms with Gasteiger partial charge in [0.05, 0.1) is 31.9 Å². The smallest absolute Gasteiger partial charge is 0.317 e. The van der Waals surface area contributed by atoms with E-state index in [9.17, 15) is 4.79 Å². The first-order chi connectivity index (χ1) is 14.4. The average molecular weight is 421 g/mol. The van der Waals surface area contributed by atoms with Gasteiger partial charge in [-0.05, 0) is 26.3 Å². The minimum atomic E-state index is -0.190. The number of aryl methyl sites for hydroxylation is 2. The third-order valence-electron chi connectivity index (χ3n) is 5.42. The fraction of sp³-hybridized carbons (Fsp3) is 0.650. The Hall–Kier alpha value is -2.43. The van der Waals surface area contributed by atoms with Crippen LogP contribution in [0.2, 0.25) is 0 Å². The highest BCUT2D eigenvalue weighted by Gasteiger charge is 2.21. The lowest BCUT2D eigenvalue weighted by Gasteiger charge is -2.26. The quantitative estimate of drug-likeness (QED) is 0.620. The Morgan fingerprint density at radius 3 is 2.70 bits per heavy atom. The standard InChI is InChI=1S/C20H32N6O4/c1-13-14(2)23-18(21)16-17(13)26(19(24-16)15(3)28-4)8-12-29-9-5-22-20(27)25-6-10-30-11-7-25/h15H,5-12H2,1-4H3,(H2,21,23)(H,22,27). The van der Waals surface area contributed by atoms with Crippen molar-refractivity contribution in [1.29, 1.82) is 0 Å².